The Balaban J connectivity index is 1.29. The van der Waals surface area contributed by atoms with E-state index in [9.17, 15) is 14.7 Å². The molecule has 8 nitrogen and oxygen atoms in total. The van der Waals surface area contributed by atoms with Gasteiger partial charge in [0.05, 0.1) is 17.8 Å². The van der Waals surface area contributed by atoms with E-state index < -0.39 is 17.9 Å². The summed E-state index contributed by atoms with van der Waals surface area (Å²) in [5.74, 6) is -0.124. The molecule has 0 radical (unpaired) electrons. The van der Waals surface area contributed by atoms with E-state index >= 15 is 0 Å². The summed E-state index contributed by atoms with van der Waals surface area (Å²) in [7, 11) is 0. The van der Waals surface area contributed by atoms with E-state index in [-0.39, 0.29) is 11.3 Å². The minimum Gasteiger partial charge on any atom is -0.492 e. The second kappa shape index (κ2) is 10.6. The minimum absolute atomic E-state index is 0.0381. The first-order valence-corrected chi connectivity index (χ1v) is 11.8. The number of fused-ring (bicyclic) bond motifs is 1. The summed E-state index contributed by atoms with van der Waals surface area (Å²) >= 11 is 7.11. The number of hydrogen-bond acceptors (Lipinski definition) is 7. The summed E-state index contributed by atoms with van der Waals surface area (Å²) in [6.45, 7) is 1.40. The maximum Gasteiger partial charge on any atom is 0.326 e. The lowest BCUT2D eigenvalue weighted by atomic mass is 10.1. The fraction of sp³-hybridized carbons (Fsp3) is 0.304. The quantitative estimate of drug-likeness (QED) is 0.423. The molecule has 3 aromatic rings. The van der Waals surface area contributed by atoms with Crippen molar-refractivity contribution in [2.75, 3.05) is 18.5 Å². The predicted molar refractivity (Wildman–Crippen MR) is 126 cm³/mol. The average molecular weight is 487 g/mol. The van der Waals surface area contributed by atoms with Gasteiger partial charge in [0.2, 0.25) is 0 Å². The Morgan fingerprint density at radius 2 is 2.09 bits per heavy atom. The van der Waals surface area contributed by atoms with Crippen molar-refractivity contribution < 1.29 is 19.4 Å². The zero-order valence-electron chi connectivity index (χ0n) is 17.7. The summed E-state index contributed by atoms with van der Waals surface area (Å²) in [4.78, 5) is 33.1. The number of anilines is 1. The molecule has 1 atom stereocenters. The maximum atomic E-state index is 12.3. The largest absolute Gasteiger partial charge is 0.492 e. The summed E-state index contributed by atoms with van der Waals surface area (Å²) in [6, 6.07) is 8.04. The number of carboxylic acids is 1. The fourth-order valence-corrected chi connectivity index (χ4v) is 4.53. The first kappa shape index (κ1) is 23.0. The van der Waals surface area contributed by atoms with Crippen molar-refractivity contribution in [3.05, 3.63) is 68.8 Å². The SMILES string of the molecule is O=C(N[C@@H](Cc1ccc(OCCc2ccc3c(n2)NCCC3)cn1)C(=O)O)c1sccc1Cl. The predicted octanol–water partition coefficient (Wildman–Crippen LogP) is 3.60. The minimum atomic E-state index is -1.15. The number of rotatable bonds is 9. The van der Waals surface area contributed by atoms with E-state index in [1.54, 1.807) is 29.8 Å². The third-order valence-corrected chi connectivity index (χ3v) is 6.56. The van der Waals surface area contributed by atoms with Crippen LogP contribution in [0, 0.1) is 0 Å². The Bertz CT molecular complexity index is 1140. The first-order valence-electron chi connectivity index (χ1n) is 10.6. The van der Waals surface area contributed by atoms with E-state index in [0.29, 0.717) is 29.5 Å². The van der Waals surface area contributed by atoms with Gasteiger partial charge in [-0.2, -0.15) is 0 Å². The Morgan fingerprint density at radius 3 is 2.82 bits per heavy atom. The highest BCUT2D eigenvalue weighted by Crippen LogP contribution is 2.22. The molecule has 3 N–H and O–H groups in total. The molecule has 0 bridgehead atoms. The number of aromatic nitrogens is 2. The summed E-state index contributed by atoms with van der Waals surface area (Å²) in [6.07, 6.45) is 4.43. The van der Waals surface area contributed by atoms with Gasteiger partial charge in [0.1, 0.15) is 22.5 Å². The monoisotopic (exact) mass is 486 g/mol. The lowest BCUT2D eigenvalue weighted by molar-refractivity contribution is -0.139. The first-order chi connectivity index (χ1) is 16.0. The van der Waals surface area contributed by atoms with Gasteiger partial charge in [-0.3, -0.25) is 9.78 Å². The lowest BCUT2D eigenvalue weighted by Crippen LogP contribution is -2.42. The van der Waals surface area contributed by atoms with Crippen LogP contribution < -0.4 is 15.4 Å². The highest BCUT2D eigenvalue weighted by atomic mass is 35.5. The molecule has 0 aliphatic carbocycles. The van der Waals surface area contributed by atoms with Crippen LogP contribution in [0.25, 0.3) is 0 Å². The molecule has 0 saturated carbocycles. The van der Waals surface area contributed by atoms with Crippen molar-refractivity contribution in [1.82, 2.24) is 15.3 Å². The van der Waals surface area contributed by atoms with Crippen molar-refractivity contribution in [2.45, 2.75) is 31.7 Å². The van der Waals surface area contributed by atoms with Gasteiger partial charge >= 0.3 is 5.97 Å². The van der Waals surface area contributed by atoms with Crippen LogP contribution in [-0.4, -0.2) is 46.1 Å². The van der Waals surface area contributed by atoms with E-state index in [0.717, 1.165) is 42.2 Å². The topological polar surface area (TPSA) is 113 Å². The number of nitrogens with one attached hydrogen (secondary N) is 2. The number of carbonyl (C=O) groups excluding carboxylic acids is 1. The Morgan fingerprint density at radius 1 is 1.24 bits per heavy atom. The number of pyridine rings is 2. The number of halogens is 1. The molecule has 33 heavy (non-hydrogen) atoms. The van der Waals surface area contributed by atoms with Gasteiger partial charge in [-0.05, 0) is 48.1 Å². The van der Waals surface area contributed by atoms with Gasteiger partial charge in [0, 0.05) is 30.8 Å². The Hall–Kier alpha value is -3.17. The van der Waals surface area contributed by atoms with Crippen LogP contribution in [0.1, 0.15) is 33.0 Å². The van der Waals surface area contributed by atoms with Crippen LogP contribution in [0.15, 0.2) is 41.9 Å². The Kier molecular flexibility index (Phi) is 7.41. The van der Waals surface area contributed by atoms with Crippen LogP contribution in [0.3, 0.4) is 0 Å². The van der Waals surface area contributed by atoms with Gasteiger partial charge in [-0.25, -0.2) is 9.78 Å². The van der Waals surface area contributed by atoms with Gasteiger partial charge < -0.3 is 20.5 Å². The molecule has 1 amide bonds. The number of amides is 1. The number of hydrogen-bond donors (Lipinski definition) is 3. The molecule has 172 valence electrons. The number of thiophene rings is 1. The number of nitrogens with zero attached hydrogens (tertiary/aromatic N) is 2. The lowest BCUT2D eigenvalue weighted by Gasteiger charge is -2.17. The van der Waals surface area contributed by atoms with Crippen LogP contribution in [-0.2, 0) is 24.1 Å². The van der Waals surface area contributed by atoms with Gasteiger partial charge in [-0.1, -0.05) is 17.7 Å². The smallest absolute Gasteiger partial charge is 0.326 e. The van der Waals surface area contributed by atoms with Crippen molar-refractivity contribution in [1.29, 1.82) is 0 Å². The number of ether oxygens (including phenoxy) is 1. The average Bonchev–Trinajstić information content (AvgIpc) is 3.25. The van der Waals surface area contributed by atoms with Crippen molar-refractivity contribution in [2.24, 2.45) is 0 Å². The summed E-state index contributed by atoms with van der Waals surface area (Å²) in [5.41, 5.74) is 2.73. The molecule has 0 unspecified atom stereocenters. The van der Waals surface area contributed by atoms with Crippen LogP contribution in [0.4, 0.5) is 5.82 Å². The van der Waals surface area contributed by atoms with E-state index in [1.165, 1.54) is 5.56 Å². The second-order valence-corrected chi connectivity index (χ2v) is 8.91. The van der Waals surface area contributed by atoms with E-state index in [4.69, 9.17) is 16.3 Å². The second-order valence-electron chi connectivity index (χ2n) is 7.59. The zero-order chi connectivity index (χ0) is 23.2. The molecule has 10 heteroatoms. The van der Waals surface area contributed by atoms with Gasteiger partial charge in [-0.15, -0.1) is 11.3 Å². The van der Waals surface area contributed by atoms with Gasteiger partial charge in [0.25, 0.3) is 5.91 Å². The molecule has 3 aromatic heterocycles. The normalized spacial score (nSPS) is 13.5. The number of carbonyl (C=O) groups is 2. The van der Waals surface area contributed by atoms with Crippen molar-refractivity contribution in [3.63, 3.8) is 0 Å². The van der Waals surface area contributed by atoms with Crippen molar-refractivity contribution in [3.8, 4) is 5.75 Å². The standard InChI is InChI=1S/C23H23ClN4O4S/c24-18-8-11-33-20(18)22(29)28-19(23(30)31)12-16-5-6-17(13-26-16)32-10-7-15-4-3-14-2-1-9-25-21(14)27-15/h3-6,8,11,13,19H,1-2,7,9-10,12H2,(H,25,27)(H,28,29)(H,30,31)/t19-/m0/s1. The molecular weight excluding hydrogens is 464 g/mol. The van der Waals surface area contributed by atoms with Crippen LogP contribution in [0.2, 0.25) is 5.02 Å². The molecular formula is C23H23ClN4O4S. The fourth-order valence-electron chi connectivity index (χ4n) is 3.49. The van der Waals surface area contributed by atoms with Crippen LogP contribution >= 0.6 is 22.9 Å². The summed E-state index contributed by atoms with van der Waals surface area (Å²) < 4.78 is 5.77. The summed E-state index contributed by atoms with van der Waals surface area (Å²) in [5, 5.41) is 17.3. The maximum absolute atomic E-state index is 12.3. The third kappa shape index (κ3) is 6.00. The zero-order valence-corrected chi connectivity index (χ0v) is 19.3. The molecule has 1 aliphatic rings. The molecule has 0 saturated heterocycles. The number of aliphatic carboxylic acids is 1. The molecule has 0 fully saturated rings. The highest BCUT2D eigenvalue weighted by Gasteiger charge is 2.23. The number of aryl methyl sites for hydroxylation is 1. The van der Waals surface area contributed by atoms with Gasteiger partial charge in [0.15, 0.2) is 0 Å². The van der Waals surface area contributed by atoms with Crippen molar-refractivity contribution >= 4 is 40.6 Å². The molecule has 1 aliphatic heterocycles. The molecule has 4 rings (SSSR count). The third-order valence-electron chi connectivity index (χ3n) is 5.22. The molecule has 0 spiro atoms. The molecule has 4 heterocycles. The van der Waals surface area contributed by atoms with Crippen LogP contribution in [0.5, 0.6) is 5.75 Å². The Labute approximate surface area is 200 Å². The highest BCUT2D eigenvalue weighted by molar-refractivity contribution is 7.12. The van der Waals surface area contributed by atoms with E-state index in [2.05, 4.69) is 26.7 Å². The number of carboxylic acid groups (broad SMARTS) is 1. The molecule has 0 aromatic carbocycles. The van der Waals surface area contributed by atoms with E-state index in [1.807, 2.05) is 6.07 Å².